The van der Waals surface area contributed by atoms with Gasteiger partial charge in [-0.1, -0.05) is 36.4 Å². The summed E-state index contributed by atoms with van der Waals surface area (Å²) in [5.41, 5.74) is 15.0. The summed E-state index contributed by atoms with van der Waals surface area (Å²) >= 11 is 0. The lowest BCUT2D eigenvalue weighted by Gasteiger charge is -2.04. The zero-order valence-corrected chi connectivity index (χ0v) is 13.2. The Morgan fingerprint density at radius 1 is 1.04 bits per heavy atom. The number of anilines is 2. The van der Waals surface area contributed by atoms with Gasteiger partial charge in [0.15, 0.2) is 0 Å². The summed E-state index contributed by atoms with van der Waals surface area (Å²) in [6, 6.07) is 14.7. The minimum atomic E-state index is 0.108. The van der Waals surface area contributed by atoms with Crippen LogP contribution in [0.4, 0.5) is 11.8 Å². The van der Waals surface area contributed by atoms with Gasteiger partial charge in [0.2, 0.25) is 11.7 Å². The third-order valence-corrected chi connectivity index (χ3v) is 4.08. The first-order chi connectivity index (χ1) is 11.6. The number of nitrogens with two attached hydrogens (primary N) is 2. The Balaban J connectivity index is 1.82. The van der Waals surface area contributed by atoms with E-state index in [0.717, 1.165) is 16.7 Å². The van der Waals surface area contributed by atoms with Gasteiger partial charge in [-0.2, -0.15) is 9.97 Å². The number of rotatable bonds is 2. The molecular weight excluding hydrogens is 300 g/mol. The molecule has 0 amide bonds. The fourth-order valence-electron chi connectivity index (χ4n) is 2.87. The van der Waals surface area contributed by atoms with E-state index in [1.54, 1.807) is 6.26 Å². The van der Waals surface area contributed by atoms with Gasteiger partial charge in [0.25, 0.3) is 0 Å². The standard InChI is InChI=1S/C19H16N4O/c1-11(13-7-6-12-4-2-3-5-14(12)9-13)8-15-10-24-18-16(15)17(20)22-19(21)23-18/h2-10H,1H3,(H4,20,21,22,23). The number of allylic oxidation sites excluding steroid dienone is 1. The van der Waals surface area contributed by atoms with E-state index in [1.807, 2.05) is 18.2 Å². The second-order valence-corrected chi connectivity index (χ2v) is 5.73. The van der Waals surface area contributed by atoms with Gasteiger partial charge >= 0.3 is 0 Å². The highest BCUT2D eigenvalue weighted by Crippen LogP contribution is 2.29. The minimum Gasteiger partial charge on any atom is -0.445 e. The molecule has 0 fully saturated rings. The smallest absolute Gasteiger partial charge is 0.233 e. The van der Waals surface area contributed by atoms with Gasteiger partial charge in [0.1, 0.15) is 12.1 Å². The van der Waals surface area contributed by atoms with Crippen LogP contribution in [0.1, 0.15) is 18.1 Å². The van der Waals surface area contributed by atoms with Crippen LogP contribution in [0.3, 0.4) is 0 Å². The molecule has 118 valence electrons. The van der Waals surface area contributed by atoms with E-state index in [2.05, 4.69) is 47.2 Å². The van der Waals surface area contributed by atoms with Gasteiger partial charge in [0, 0.05) is 5.56 Å². The lowest BCUT2D eigenvalue weighted by atomic mass is 10.0. The first kappa shape index (κ1) is 14.3. The predicted octanol–water partition coefficient (Wildman–Crippen LogP) is 4.10. The number of furan rings is 1. The predicted molar refractivity (Wildman–Crippen MR) is 98.1 cm³/mol. The van der Waals surface area contributed by atoms with Crippen LogP contribution < -0.4 is 11.5 Å². The third kappa shape index (κ3) is 2.36. The summed E-state index contributed by atoms with van der Waals surface area (Å²) in [6.07, 6.45) is 3.64. The molecule has 0 saturated heterocycles. The average Bonchev–Trinajstić information content (AvgIpc) is 2.97. The quantitative estimate of drug-likeness (QED) is 0.581. The van der Waals surface area contributed by atoms with Crippen molar-refractivity contribution < 1.29 is 4.42 Å². The number of hydrogen-bond donors (Lipinski definition) is 2. The van der Waals surface area contributed by atoms with E-state index in [0.29, 0.717) is 16.9 Å². The molecule has 0 bridgehead atoms. The van der Waals surface area contributed by atoms with E-state index >= 15 is 0 Å². The molecular formula is C19H16N4O. The molecule has 0 radical (unpaired) electrons. The second kappa shape index (κ2) is 5.38. The van der Waals surface area contributed by atoms with Crippen molar-refractivity contribution in [1.82, 2.24) is 9.97 Å². The Morgan fingerprint density at radius 3 is 2.67 bits per heavy atom. The number of nitrogens with zero attached hydrogens (tertiary/aromatic N) is 2. The monoisotopic (exact) mass is 316 g/mol. The fraction of sp³-hybridized carbons (Fsp3) is 0.0526. The highest BCUT2D eigenvalue weighted by Gasteiger charge is 2.12. The van der Waals surface area contributed by atoms with Crippen molar-refractivity contribution in [2.24, 2.45) is 0 Å². The Bertz CT molecular complexity index is 1100. The maximum atomic E-state index is 5.97. The third-order valence-electron chi connectivity index (χ3n) is 4.08. The van der Waals surface area contributed by atoms with Crippen molar-refractivity contribution >= 4 is 45.3 Å². The summed E-state index contributed by atoms with van der Waals surface area (Å²) < 4.78 is 5.46. The Hall–Kier alpha value is -3.34. The van der Waals surface area contributed by atoms with Gasteiger partial charge in [-0.05, 0) is 41.0 Å². The van der Waals surface area contributed by atoms with Crippen LogP contribution in [0.2, 0.25) is 0 Å². The van der Waals surface area contributed by atoms with Crippen molar-refractivity contribution in [1.29, 1.82) is 0 Å². The molecule has 2 aromatic heterocycles. The molecule has 5 heteroatoms. The molecule has 0 atom stereocenters. The van der Waals surface area contributed by atoms with E-state index in [1.165, 1.54) is 10.8 Å². The zero-order valence-electron chi connectivity index (χ0n) is 13.2. The molecule has 0 aliphatic heterocycles. The highest BCUT2D eigenvalue weighted by atomic mass is 16.3. The molecule has 4 N–H and O–H groups in total. The van der Waals surface area contributed by atoms with Crippen LogP contribution in [-0.2, 0) is 0 Å². The molecule has 0 unspecified atom stereocenters. The van der Waals surface area contributed by atoms with Gasteiger partial charge in [-0.25, -0.2) is 0 Å². The zero-order chi connectivity index (χ0) is 16.7. The summed E-state index contributed by atoms with van der Waals surface area (Å²) in [4.78, 5) is 8.08. The van der Waals surface area contributed by atoms with Crippen molar-refractivity contribution in [3.63, 3.8) is 0 Å². The average molecular weight is 316 g/mol. The molecule has 24 heavy (non-hydrogen) atoms. The normalized spacial score (nSPS) is 12.1. The maximum absolute atomic E-state index is 5.97. The topological polar surface area (TPSA) is 91.0 Å². The molecule has 0 aliphatic carbocycles. The van der Waals surface area contributed by atoms with Crippen LogP contribution in [0.25, 0.3) is 33.5 Å². The molecule has 2 heterocycles. The number of aromatic nitrogens is 2. The first-order valence-electron chi connectivity index (χ1n) is 7.59. The van der Waals surface area contributed by atoms with E-state index in [4.69, 9.17) is 15.9 Å². The summed E-state index contributed by atoms with van der Waals surface area (Å²) in [6.45, 7) is 2.05. The molecule has 4 rings (SSSR count). The number of nitrogen functional groups attached to an aromatic ring is 2. The lowest BCUT2D eigenvalue weighted by Crippen LogP contribution is -1.99. The number of benzene rings is 2. The first-order valence-corrected chi connectivity index (χ1v) is 7.59. The Morgan fingerprint density at radius 2 is 1.83 bits per heavy atom. The molecule has 0 saturated carbocycles. The van der Waals surface area contributed by atoms with Crippen LogP contribution in [-0.4, -0.2) is 9.97 Å². The van der Waals surface area contributed by atoms with Crippen molar-refractivity contribution in [2.45, 2.75) is 6.92 Å². The molecule has 4 aromatic rings. The summed E-state index contributed by atoms with van der Waals surface area (Å²) in [7, 11) is 0. The van der Waals surface area contributed by atoms with E-state index in [9.17, 15) is 0 Å². The molecule has 0 spiro atoms. The minimum absolute atomic E-state index is 0.108. The summed E-state index contributed by atoms with van der Waals surface area (Å²) in [5, 5.41) is 3.11. The maximum Gasteiger partial charge on any atom is 0.233 e. The van der Waals surface area contributed by atoms with Gasteiger partial charge in [-0.15, -0.1) is 0 Å². The van der Waals surface area contributed by atoms with Crippen LogP contribution >= 0.6 is 0 Å². The fourth-order valence-corrected chi connectivity index (χ4v) is 2.87. The number of fused-ring (bicyclic) bond motifs is 2. The molecule has 0 aliphatic rings. The highest BCUT2D eigenvalue weighted by molar-refractivity contribution is 5.98. The van der Waals surface area contributed by atoms with Gasteiger partial charge in [-0.3, -0.25) is 0 Å². The van der Waals surface area contributed by atoms with Crippen LogP contribution in [0.15, 0.2) is 53.1 Å². The van der Waals surface area contributed by atoms with Crippen molar-refractivity contribution in [3.8, 4) is 0 Å². The van der Waals surface area contributed by atoms with Crippen LogP contribution in [0, 0.1) is 0 Å². The van der Waals surface area contributed by atoms with Gasteiger partial charge < -0.3 is 15.9 Å². The second-order valence-electron chi connectivity index (χ2n) is 5.73. The lowest BCUT2D eigenvalue weighted by molar-refractivity contribution is 0.602. The van der Waals surface area contributed by atoms with Gasteiger partial charge in [0.05, 0.1) is 5.39 Å². The molecule has 5 nitrogen and oxygen atoms in total. The van der Waals surface area contributed by atoms with E-state index in [-0.39, 0.29) is 5.95 Å². The largest absolute Gasteiger partial charge is 0.445 e. The van der Waals surface area contributed by atoms with Crippen molar-refractivity contribution in [2.75, 3.05) is 11.5 Å². The van der Waals surface area contributed by atoms with E-state index < -0.39 is 0 Å². The summed E-state index contributed by atoms with van der Waals surface area (Å²) in [5.74, 6) is 0.431. The Kier molecular flexibility index (Phi) is 3.20. The van der Waals surface area contributed by atoms with Crippen molar-refractivity contribution in [3.05, 3.63) is 59.9 Å². The number of hydrogen-bond acceptors (Lipinski definition) is 5. The SMILES string of the molecule is CC(=Cc1coc2nc(N)nc(N)c12)c1ccc2ccccc2c1. The van der Waals surface area contributed by atoms with Crippen LogP contribution in [0.5, 0.6) is 0 Å². The Labute approximate surface area is 138 Å². The molecule has 2 aromatic carbocycles.